The van der Waals surface area contributed by atoms with Gasteiger partial charge in [-0.25, -0.2) is 0 Å². The van der Waals surface area contributed by atoms with Gasteiger partial charge in [0, 0.05) is 6.92 Å². The number of carbonyl (C=O) groups is 1. The Bertz CT molecular complexity index is 411. The zero-order chi connectivity index (χ0) is 20.3. The molecule has 0 radical (unpaired) electrons. The average molecular weight is 389 g/mol. The zero-order valence-corrected chi connectivity index (χ0v) is 17.6. The minimum Gasteiger partial charge on any atom is -0.463 e. The molecule has 0 aromatic carbocycles. The summed E-state index contributed by atoms with van der Waals surface area (Å²) in [6, 6.07) is 0. The van der Waals surface area contributed by atoms with Crippen molar-refractivity contribution in [3.8, 4) is 0 Å². The largest absolute Gasteiger partial charge is 0.463 e. The topological polar surface area (TPSA) is 85.2 Å². The van der Waals surface area contributed by atoms with Crippen molar-refractivity contribution in [1.82, 2.24) is 0 Å². The Morgan fingerprint density at radius 2 is 1.59 bits per heavy atom. The van der Waals surface area contributed by atoms with Crippen molar-refractivity contribution in [3.05, 3.63) is 0 Å². The van der Waals surface area contributed by atoms with E-state index in [9.17, 15) is 15.0 Å². The summed E-state index contributed by atoms with van der Waals surface area (Å²) in [6.45, 7) is 6.79. The molecule has 6 nitrogen and oxygen atoms in total. The number of esters is 1. The second-order valence-electron chi connectivity index (χ2n) is 8.21. The molecule has 0 unspecified atom stereocenters. The van der Waals surface area contributed by atoms with Crippen LogP contribution in [0, 0.1) is 0 Å². The lowest BCUT2D eigenvalue weighted by Crippen LogP contribution is -2.37. The molecule has 0 aliphatic carbocycles. The summed E-state index contributed by atoms with van der Waals surface area (Å²) in [5, 5.41) is 19.1. The second kappa shape index (κ2) is 12.7. The van der Waals surface area contributed by atoms with Crippen LogP contribution in [-0.4, -0.2) is 53.0 Å². The maximum absolute atomic E-state index is 10.8. The van der Waals surface area contributed by atoms with E-state index in [1.807, 2.05) is 20.8 Å². The van der Waals surface area contributed by atoms with Gasteiger partial charge in [0.2, 0.25) is 0 Å². The molecule has 2 N–H and O–H groups in total. The first-order valence-corrected chi connectivity index (χ1v) is 10.6. The van der Waals surface area contributed by atoms with Gasteiger partial charge in [0.05, 0.1) is 18.8 Å². The number of aliphatic hydroxyl groups excluding tert-OH is 2. The molecule has 1 aliphatic heterocycles. The Kier molecular flexibility index (Phi) is 11.5. The Balaban J connectivity index is 2.01. The van der Waals surface area contributed by atoms with Crippen molar-refractivity contribution in [2.24, 2.45) is 0 Å². The van der Waals surface area contributed by atoms with Crippen LogP contribution in [-0.2, 0) is 19.0 Å². The number of hydrogen-bond donors (Lipinski definition) is 2. The molecule has 0 spiro atoms. The molecule has 0 aromatic rings. The predicted molar refractivity (Wildman–Crippen MR) is 104 cm³/mol. The molecule has 1 heterocycles. The van der Waals surface area contributed by atoms with E-state index in [4.69, 9.17) is 14.2 Å². The minimum atomic E-state index is -0.889. The van der Waals surface area contributed by atoms with Crippen LogP contribution in [0.1, 0.15) is 91.9 Å². The normalized spacial score (nSPS) is 23.9. The van der Waals surface area contributed by atoms with Crippen molar-refractivity contribution < 1.29 is 29.2 Å². The van der Waals surface area contributed by atoms with Crippen LogP contribution in [0.25, 0.3) is 0 Å². The summed E-state index contributed by atoms with van der Waals surface area (Å²) in [6.07, 6.45) is 9.72. The van der Waals surface area contributed by atoms with Gasteiger partial charge in [0.1, 0.15) is 12.2 Å². The fourth-order valence-corrected chi connectivity index (χ4v) is 3.70. The van der Waals surface area contributed by atoms with Gasteiger partial charge in [-0.15, -0.1) is 0 Å². The number of ether oxygens (including phenoxy) is 3. The molecular weight excluding hydrogens is 348 g/mol. The van der Waals surface area contributed by atoms with Crippen LogP contribution in [0.2, 0.25) is 0 Å². The van der Waals surface area contributed by atoms with E-state index in [0.717, 1.165) is 32.1 Å². The van der Waals surface area contributed by atoms with Crippen LogP contribution in [0.5, 0.6) is 0 Å². The van der Waals surface area contributed by atoms with Gasteiger partial charge in [-0.2, -0.15) is 0 Å². The summed E-state index contributed by atoms with van der Waals surface area (Å²) in [4.78, 5) is 10.8. The fourth-order valence-electron chi connectivity index (χ4n) is 3.70. The fraction of sp³-hybridized carbons (Fsp3) is 0.952. The summed E-state index contributed by atoms with van der Waals surface area (Å²) in [5.41, 5.74) is 0. The van der Waals surface area contributed by atoms with E-state index in [0.29, 0.717) is 0 Å². The van der Waals surface area contributed by atoms with E-state index in [1.54, 1.807) is 0 Å². The number of hydrogen-bond acceptors (Lipinski definition) is 6. The van der Waals surface area contributed by atoms with Gasteiger partial charge in [-0.3, -0.25) is 4.79 Å². The second-order valence-corrected chi connectivity index (χ2v) is 8.21. The zero-order valence-electron chi connectivity index (χ0n) is 17.6. The highest BCUT2D eigenvalue weighted by atomic mass is 16.8. The molecule has 0 aromatic heterocycles. The van der Waals surface area contributed by atoms with Crippen LogP contribution >= 0.6 is 0 Å². The monoisotopic (exact) mass is 388 g/mol. The van der Waals surface area contributed by atoms with Crippen molar-refractivity contribution in [2.75, 3.05) is 6.61 Å². The van der Waals surface area contributed by atoms with Gasteiger partial charge >= 0.3 is 5.97 Å². The molecule has 0 bridgehead atoms. The highest BCUT2D eigenvalue weighted by molar-refractivity contribution is 5.66. The maximum Gasteiger partial charge on any atom is 0.302 e. The van der Waals surface area contributed by atoms with Crippen LogP contribution < -0.4 is 0 Å². The van der Waals surface area contributed by atoms with Crippen molar-refractivity contribution >= 4 is 5.97 Å². The van der Waals surface area contributed by atoms with Crippen molar-refractivity contribution in [3.63, 3.8) is 0 Å². The summed E-state index contributed by atoms with van der Waals surface area (Å²) in [5.74, 6) is -0.892. The molecule has 1 rings (SSSR count). The molecular formula is C21H40O6. The Labute approximate surface area is 164 Å². The molecule has 160 valence electrons. The third kappa shape index (κ3) is 10.4. The van der Waals surface area contributed by atoms with Gasteiger partial charge in [0.15, 0.2) is 5.79 Å². The van der Waals surface area contributed by atoms with Crippen LogP contribution in [0.3, 0.4) is 0 Å². The molecule has 1 aliphatic rings. The summed E-state index contributed by atoms with van der Waals surface area (Å²) >= 11 is 0. The standard InChI is InChI=1S/C21H40O6/c1-16(25-17(2)23)13-11-9-7-5-6-8-10-12-14-19-20(18(24)15-22)27-21(3,4)26-19/h16,18-20,22,24H,5-15H2,1-4H3/t16-,18+,19+,20+/m0/s1. The minimum absolute atomic E-state index is 0.0300. The lowest BCUT2D eigenvalue weighted by Gasteiger charge is -2.20. The Hall–Kier alpha value is -0.690. The first-order chi connectivity index (χ1) is 12.7. The SMILES string of the molecule is CC(=O)O[C@@H](C)CCCCCCCCCC[C@H]1OC(C)(C)O[C@@H]1[C@H](O)CO. The summed E-state index contributed by atoms with van der Waals surface area (Å²) < 4.78 is 16.7. The maximum atomic E-state index is 10.8. The lowest BCUT2D eigenvalue weighted by molar-refractivity contribution is -0.157. The highest BCUT2D eigenvalue weighted by Gasteiger charge is 2.43. The van der Waals surface area contributed by atoms with Gasteiger partial charge in [-0.05, 0) is 40.0 Å². The van der Waals surface area contributed by atoms with Crippen molar-refractivity contribution in [1.29, 1.82) is 0 Å². The van der Waals surface area contributed by atoms with Gasteiger partial charge < -0.3 is 24.4 Å². The number of unbranched alkanes of at least 4 members (excludes halogenated alkanes) is 7. The molecule has 4 atom stereocenters. The number of rotatable bonds is 14. The van der Waals surface area contributed by atoms with Gasteiger partial charge in [0.25, 0.3) is 0 Å². The molecule has 0 saturated carbocycles. The van der Waals surface area contributed by atoms with E-state index >= 15 is 0 Å². The molecule has 27 heavy (non-hydrogen) atoms. The van der Waals surface area contributed by atoms with Crippen molar-refractivity contribution in [2.45, 2.75) is 122 Å². The number of carbonyl (C=O) groups excluding carboxylic acids is 1. The highest BCUT2D eigenvalue weighted by Crippen LogP contribution is 2.32. The molecule has 0 amide bonds. The van der Waals surface area contributed by atoms with E-state index < -0.39 is 18.0 Å². The number of aliphatic hydroxyl groups is 2. The third-order valence-corrected chi connectivity index (χ3v) is 5.00. The smallest absolute Gasteiger partial charge is 0.302 e. The van der Waals surface area contributed by atoms with E-state index in [1.165, 1.54) is 39.0 Å². The Morgan fingerprint density at radius 3 is 2.15 bits per heavy atom. The predicted octanol–water partition coefficient (Wildman–Crippen LogP) is 3.71. The Morgan fingerprint density at radius 1 is 1.04 bits per heavy atom. The quantitative estimate of drug-likeness (QED) is 0.348. The molecule has 6 heteroatoms. The first-order valence-electron chi connectivity index (χ1n) is 10.6. The van der Waals surface area contributed by atoms with E-state index in [2.05, 4.69) is 0 Å². The molecule has 1 fully saturated rings. The third-order valence-electron chi connectivity index (χ3n) is 5.00. The van der Waals surface area contributed by atoms with E-state index in [-0.39, 0.29) is 24.8 Å². The van der Waals surface area contributed by atoms with Crippen LogP contribution in [0.15, 0.2) is 0 Å². The average Bonchev–Trinajstić information content (AvgIpc) is 2.89. The van der Waals surface area contributed by atoms with Gasteiger partial charge in [-0.1, -0.05) is 44.9 Å². The lowest BCUT2D eigenvalue weighted by atomic mass is 10.0. The van der Waals surface area contributed by atoms with Crippen LogP contribution in [0.4, 0.5) is 0 Å². The first kappa shape index (κ1) is 24.3. The summed E-state index contributed by atoms with van der Waals surface area (Å²) in [7, 11) is 0. The molecule has 1 saturated heterocycles.